The van der Waals surface area contributed by atoms with Gasteiger partial charge in [-0.1, -0.05) is 20.3 Å². The van der Waals surface area contributed by atoms with Crippen molar-refractivity contribution in [1.82, 2.24) is 0 Å². The summed E-state index contributed by atoms with van der Waals surface area (Å²) in [5, 5.41) is 10.5. The summed E-state index contributed by atoms with van der Waals surface area (Å²) in [7, 11) is 0. The fraction of sp³-hybridized carbons (Fsp3) is 0.833. The summed E-state index contributed by atoms with van der Waals surface area (Å²) in [5.74, 6) is -3.48. The number of hydrogen-bond donors (Lipinski definition) is 1. The van der Waals surface area contributed by atoms with Crippen molar-refractivity contribution in [3.8, 4) is 0 Å². The van der Waals surface area contributed by atoms with E-state index in [1.54, 1.807) is 0 Å². The maximum absolute atomic E-state index is 11.3. The SMILES string of the molecule is CCCC12CCC(C)CC1(O)OC(=O)C(=O)O2. The molecule has 5 heteroatoms. The van der Waals surface area contributed by atoms with Crippen LogP contribution in [0.1, 0.15) is 46.0 Å². The Hall–Kier alpha value is -1.10. The molecule has 3 unspecified atom stereocenters. The molecule has 1 heterocycles. The van der Waals surface area contributed by atoms with Gasteiger partial charge < -0.3 is 14.6 Å². The van der Waals surface area contributed by atoms with E-state index in [1.807, 2.05) is 13.8 Å². The molecule has 1 aliphatic heterocycles. The highest BCUT2D eigenvalue weighted by molar-refractivity contribution is 6.30. The van der Waals surface area contributed by atoms with Crippen LogP contribution in [0, 0.1) is 5.92 Å². The first kappa shape index (κ1) is 12.4. The normalized spacial score (nSPS) is 41.5. The molecule has 2 rings (SSSR count). The van der Waals surface area contributed by atoms with Gasteiger partial charge in [-0.05, 0) is 25.2 Å². The highest BCUT2D eigenvalue weighted by Gasteiger charge is 2.62. The zero-order valence-electron chi connectivity index (χ0n) is 10.2. The third-order valence-electron chi connectivity index (χ3n) is 3.75. The van der Waals surface area contributed by atoms with Gasteiger partial charge in [0.1, 0.15) is 0 Å². The van der Waals surface area contributed by atoms with E-state index in [4.69, 9.17) is 9.47 Å². The lowest BCUT2D eigenvalue weighted by molar-refractivity contribution is -0.328. The quantitative estimate of drug-likeness (QED) is 0.580. The van der Waals surface area contributed by atoms with E-state index >= 15 is 0 Å². The average molecular weight is 242 g/mol. The summed E-state index contributed by atoms with van der Waals surface area (Å²) < 4.78 is 10.2. The molecule has 0 spiro atoms. The van der Waals surface area contributed by atoms with Gasteiger partial charge in [-0.15, -0.1) is 0 Å². The molecule has 1 saturated heterocycles. The second-order valence-corrected chi connectivity index (χ2v) is 5.16. The summed E-state index contributed by atoms with van der Waals surface area (Å²) in [4.78, 5) is 22.6. The molecular formula is C12H18O5. The third kappa shape index (κ3) is 1.82. The standard InChI is InChI=1S/C12H18O5/c1-3-5-11-6-4-8(2)7-12(11,15)17-10(14)9(13)16-11/h8,15H,3-7H2,1-2H3. The van der Waals surface area contributed by atoms with E-state index in [-0.39, 0.29) is 5.92 Å². The molecule has 1 saturated carbocycles. The molecule has 0 bridgehead atoms. The van der Waals surface area contributed by atoms with Gasteiger partial charge in [0.15, 0.2) is 5.60 Å². The first-order chi connectivity index (χ1) is 7.92. The van der Waals surface area contributed by atoms with Crippen molar-refractivity contribution in [2.75, 3.05) is 0 Å². The van der Waals surface area contributed by atoms with E-state index in [9.17, 15) is 14.7 Å². The molecule has 1 aliphatic carbocycles. The molecule has 3 atom stereocenters. The molecular weight excluding hydrogens is 224 g/mol. The van der Waals surface area contributed by atoms with Crippen molar-refractivity contribution in [2.24, 2.45) is 5.92 Å². The smallest absolute Gasteiger partial charge is 0.420 e. The van der Waals surface area contributed by atoms with Crippen LogP contribution in [0.2, 0.25) is 0 Å². The second kappa shape index (κ2) is 3.98. The number of rotatable bonds is 2. The lowest BCUT2D eigenvalue weighted by atomic mass is 9.71. The fourth-order valence-corrected chi connectivity index (χ4v) is 2.89. The minimum absolute atomic E-state index is 0.245. The van der Waals surface area contributed by atoms with Crippen LogP contribution in [0.5, 0.6) is 0 Å². The van der Waals surface area contributed by atoms with E-state index in [2.05, 4.69) is 0 Å². The van der Waals surface area contributed by atoms with E-state index in [0.29, 0.717) is 19.3 Å². The van der Waals surface area contributed by atoms with Crippen molar-refractivity contribution < 1.29 is 24.2 Å². The number of fused-ring (bicyclic) bond motifs is 1. The maximum atomic E-state index is 11.3. The predicted octanol–water partition coefficient (Wildman–Crippen LogP) is 1.13. The lowest BCUT2D eigenvalue weighted by Crippen LogP contribution is -2.66. The Kier molecular flexibility index (Phi) is 2.89. The Balaban J connectivity index is 2.34. The number of ether oxygens (including phenoxy) is 2. The summed E-state index contributed by atoms with van der Waals surface area (Å²) in [5.41, 5.74) is -1.04. The van der Waals surface area contributed by atoms with Gasteiger partial charge in [-0.3, -0.25) is 0 Å². The monoisotopic (exact) mass is 242 g/mol. The van der Waals surface area contributed by atoms with Crippen LogP contribution in [0.4, 0.5) is 0 Å². The first-order valence-corrected chi connectivity index (χ1v) is 6.11. The van der Waals surface area contributed by atoms with Crippen LogP contribution < -0.4 is 0 Å². The van der Waals surface area contributed by atoms with Crippen LogP contribution in [0.3, 0.4) is 0 Å². The largest absolute Gasteiger partial charge is 0.444 e. The summed E-state index contributed by atoms with van der Waals surface area (Å²) >= 11 is 0. The topological polar surface area (TPSA) is 72.8 Å². The van der Waals surface area contributed by atoms with Gasteiger partial charge in [-0.2, -0.15) is 0 Å². The number of carbonyl (C=O) groups is 2. The van der Waals surface area contributed by atoms with Crippen LogP contribution >= 0.6 is 0 Å². The first-order valence-electron chi connectivity index (χ1n) is 6.11. The summed E-state index contributed by atoms with van der Waals surface area (Å²) in [6, 6.07) is 0. The van der Waals surface area contributed by atoms with Crippen LogP contribution in [0.25, 0.3) is 0 Å². The van der Waals surface area contributed by atoms with E-state index < -0.39 is 23.3 Å². The Morgan fingerprint density at radius 1 is 1.35 bits per heavy atom. The van der Waals surface area contributed by atoms with Gasteiger partial charge in [0.2, 0.25) is 0 Å². The van der Waals surface area contributed by atoms with E-state index in [1.165, 1.54) is 0 Å². The molecule has 0 aromatic heterocycles. The number of hydrogen-bond acceptors (Lipinski definition) is 5. The lowest BCUT2D eigenvalue weighted by Gasteiger charge is -2.51. The van der Waals surface area contributed by atoms with Crippen LogP contribution in [0.15, 0.2) is 0 Å². The number of aliphatic hydroxyl groups is 1. The molecule has 2 fully saturated rings. The zero-order valence-corrected chi connectivity index (χ0v) is 10.2. The Morgan fingerprint density at radius 3 is 2.65 bits per heavy atom. The average Bonchev–Trinajstić information content (AvgIpc) is 2.22. The molecule has 0 aromatic rings. The Labute approximate surface area is 100 Å². The highest BCUT2D eigenvalue weighted by Crippen LogP contribution is 2.48. The predicted molar refractivity (Wildman–Crippen MR) is 57.8 cm³/mol. The fourth-order valence-electron chi connectivity index (χ4n) is 2.89. The highest BCUT2D eigenvalue weighted by atomic mass is 16.7. The molecule has 0 aromatic carbocycles. The van der Waals surface area contributed by atoms with Crippen molar-refractivity contribution in [3.05, 3.63) is 0 Å². The molecule has 17 heavy (non-hydrogen) atoms. The van der Waals surface area contributed by atoms with Crippen molar-refractivity contribution in [1.29, 1.82) is 0 Å². The van der Waals surface area contributed by atoms with Gasteiger partial charge in [0.05, 0.1) is 0 Å². The van der Waals surface area contributed by atoms with Crippen molar-refractivity contribution in [2.45, 2.75) is 57.3 Å². The van der Waals surface area contributed by atoms with Gasteiger partial charge >= 0.3 is 11.9 Å². The Morgan fingerprint density at radius 2 is 2.00 bits per heavy atom. The summed E-state index contributed by atoms with van der Waals surface area (Å²) in [6.07, 6.45) is 2.98. The van der Waals surface area contributed by atoms with Crippen molar-refractivity contribution >= 4 is 11.9 Å². The summed E-state index contributed by atoms with van der Waals surface area (Å²) in [6.45, 7) is 3.93. The van der Waals surface area contributed by atoms with Gasteiger partial charge in [0, 0.05) is 6.42 Å². The third-order valence-corrected chi connectivity index (χ3v) is 3.75. The molecule has 1 N–H and O–H groups in total. The molecule has 96 valence electrons. The molecule has 0 radical (unpaired) electrons. The van der Waals surface area contributed by atoms with Crippen LogP contribution in [-0.2, 0) is 19.1 Å². The molecule has 2 aliphatic rings. The number of esters is 2. The van der Waals surface area contributed by atoms with Gasteiger partial charge in [0.25, 0.3) is 5.79 Å². The zero-order chi connectivity index (χ0) is 12.7. The minimum atomic E-state index is -1.65. The Bertz CT molecular complexity index is 353. The molecule has 5 nitrogen and oxygen atoms in total. The number of carbonyl (C=O) groups excluding carboxylic acids is 2. The van der Waals surface area contributed by atoms with Crippen LogP contribution in [-0.4, -0.2) is 28.4 Å². The van der Waals surface area contributed by atoms with E-state index in [0.717, 1.165) is 12.8 Å². The minimum Gasteiger partial charge on any atom is -0.444 e. The second-order valence-electron chi connectivity index (χ2n) is 5.16. The van der Waals surface area contributed by atoms with Crippen molar-refractivity contribution in [3.63, 3.8) is 0 Å². The maximum Gasteiger partial charge on any atom is 0.420 e. The van der Waals surface area contributed by atoms with Gasteiger partial charge in [-0.25, -0.2) is 9.59 Å². The molecule has 0 amide bonds.